The first-order chi connectivity index (χ1) is 7.57. The summed E-state index contributed by atoms with van der Waals surface area (Å²) < 4.78 is 5.60. The van der Waals surface area contributed by atoms with Crippen LogP contribution in [0.2, 0.25) is 0 Å². The van der Waals surface area contributed by atoms with E-state index in [1.165, 1.54) is 16.7 Å². The van der Waals surface area contributed by atoms with Crippen LogP contribution >= 0.6 is 0 Å². The van der Waals surface area contributed by atoms with Crippen LogP contribution in [-0.2, 0) is 10.8 Å². The van der Waals surface area contributed by atoms with Gasteiger partial charge in [0.05, 0.1) is 0 Å². The first-order valence-electron chi connectivity index (χ1n) is 6.09. The fourth-order valence-corrected chi connectivity index (χ4v) is 2.27. The van der Waals surface area contributed by atoms with Crippen LogP contribution in [0.3, 0.4) is 0 Å². The van der Waals surface area contributed by atoms with Gasteiger partial charge >= 0.3 is 114 Å². The molecule has 0 aliphatic carbocycles. The minimum absolute atomic E-state index is 0.0952. The SMILES string of the molecule is Cc1cc(C(C)(C)C)c([O][Al+2])c(C(C)(C)C)c1. The van der Waals surface area contributed by atoms with E-state index < -0.39 is 0 Å². The van der Waals surface area contributed by atoms with E-state index in [-0.39, 0.29) is 10.8 Å². The van der Waals surface area contributed by atoms with E-state index >= 15 is 0 Å². The zero-order valence-electron chi connectivity index (χ0n) is 12.1. The average molecular weight is 246 g/mol. The van der Waals surface area contributed by atoms with Crippen LogP contribution in [-0.4, -0.2) is 16.6 Å². The molecule has 0 bridgehead atoms. The summed E-state index contributed by atoms with van der Waals surface area (Å²) in [5.41, 5.74) is 4.04. The monoisotopic (exact) mass is 246 g/mol. The van der Waals surface area contributed by atoms with Crippen molar-refractivity contribution in [1.29, 1.82) is 0 Å². The van der Waals surface area contributed by atoms with Crippen molar-refractivity contribution >= 4 is 16.6 Å². The van der Waals surface area contributed by atoms with Gasteiger partial charge in [-0.3, -0.25) is 0 Å². The fourth-order valence-electron chi connectivity index (χ4n) is 2.01. The van der Waals surface area contributed by atoms with Crippen LogP contribution in [0.5, 0.6) is 5.75 Å². The number of hydrogen-bond acceptors (Lipinski definition) is 1. The minimum atomic E-state index is 0.0952. The van der Waals surface area contributed by atoms with Crippen molar-refractivity contribution in [2.75, 3.05) is 0 Å². The van der Waals surface area contributed by atoms with Gasteiger partial charge in [0.25, 0.3) is 0 Å². The molecule has 1 rings (SSSR count). The van der Waals surface area contributed by atoms with Crippen LogP contribution in [0.4, 0.5) is 0 Å². The molecule has 0 N–H and O–H groups in total. The van der Waals surface area contributed by atoms with E-state index in [9.17, 15) is 0 Å². The van der Waals surface area contributed by atoms with Crippen molar-refractivity contribution in [3.63, 3.8) is 0 Å². The topological polar surface area (TPSA) is 9.23 Å². The molecular weight excluding hydrogens is 223 g/mol. The van der Waals surface area contributed by atoms with Gasteiger partial charge in [0.15, 0.2) is 0 Å². The predicted molar refractivity (Wildman–Crippen MR) is 75.0 cm³/mol. The normalized spacial score (nSPS) is 12.8. The molecule has 0 saturated heterocycles. The Hall–Kier alpha value is -0.448. The summed E-state index contributed by atoms with van der Waals surface area (Å²) in [5, 5.41) is 0. The van der Waals surface area contributed by atoms with Gasteiger partial charge in [-0.05, 0) is 0 Å². The fraction of sp³-hybridized carbons (Fsp3) is 0.600. The van der Waals surface area contributed by atoms with Crippen molar-refractivity contribution in [1.82, 2.24) is 0 Å². The zero-order valence-corrected chi connectivity index (χ0v) is 13.3. The molecule has 0 fully saturated rings. The molecular formula is C15H23AlO+2. The van der Waals surface area contributed by atoms with E-state index in [1.807, 2.05) is 0 Å². The van der Waals surface area contributed by atoms with Crippen LogP contribution in [0.1, 0.15) is 58.2 Å². The van der Waals surface area contributed by atoms with E-state index in [2.05, 4.69) is 77.2 Å². The van der Waals surface area contributed by atoms with Crippen molar-refractivity contribution in [3.8, 4) is 5.75 Å². The first-order valence-corrected chi connectivity index (χ1v) is 6.57. The number of hydrogen-bond donors (Lipinski definition) is 0. The van der Waals surface area contributed by atoms with Crippen molar-refractivity contribution in [3.05, 3.63) is 28.8 Å². The maximum atomic E-state index is 5.60. The summed E-state index contributed by atoms with van der Waals surface area (Å²) in [6, 6.07) is 4.46. The zero-order chi connectivity index (χ0) is 13.4. The molecule has 1 aromatic carbocycles. The van der Waals surface area contributed by atoms with Gasteiger partial charge in [0, 0.05) is 0 Å². The van der Waals surface area contributed by atoms with Crippen LogP contribution in [0.25, 0.3) is 0 Å². The van der Waals surface area contributed by atoms with Crippen LogP contribution < -0.4 is 3.79 Å². The van der Waals surface area contributed by atoms with E-state index in [0.717, 1.165) is 5.75 Å². The standard InChI is InChI=1S/C15H24O.Al/c1-10-8-11(14(2,3)4)13(16)12(9-10)15(5,6)7;/h8-9,16H,1-7H3;/q;+3/p-1. The van der Waals surface area contributed by atoms with Gasteiger partial charge in [-0.1, -0.05) is 0 Å². The third kappa shape index (κ3) is 3.27. The number of benzene rings is 1. The van der Waals surface area contributed by atoms with E-state index in [0.29, 0.717) is 0 Å². The molecule has 0 radical (unpaired) electrons. The summed E-state index contributed by atoms with van der Waals surface area (Å²) in [5.74, 6) is 1.01. The molecule has 0 heterocycles. The van der Waals surface area contributed by atoms with Crippen molar-refractivity contribution in [2.45, 2.75) is 59.3 Å². The quantitative estimate of drug-likeness (QED) is 0.679. The third-order valence-electron chi connectivity index (χ3n) is 2.97. The molecule has 0 amide bonds. The summed E-state index contributed by atoms with van der Waals surface area (Å²) in [4.78, 5) is 0. The molecule has 0 saturated carbocycles. The Balaban J connectivity index is 3.58. The summed E-state index contributed by atoms with van der Waals surface area (Å²) in [7, 11) is 0. The molecule has 1 aromatic rings. The van der Waals surface area contributed by atoms with Gasteiger partial charge in [0.2, 0.25) is 0 Å². The molecule has 0 aliphatic heterocycles. The van der Waals surface area contributed by atoms with Crippen molar-refractivity contribution < 1.29 is 3.79 Å². The van der Waals surface area contributed by atoms with Crippen LogP contribution in [0.15, 0.2) is 12.1 Å². The Bertz CT molecular complexity index is 373. The Labute approximate surface area is 114 Å². The Morgan fingerprint density at radius 1 is 0.882 bits per heavy atom. The van der Waals surface area contributed by atoms with Crippen LogP contribution in [0, 0.1) is 6.92 Å². The van der Waals surface area contributed by atoms with Crippen molar-refractivity contribution in [2.24, 2.45) is 0 Å². The van der Waals surface area contributed by atoms with Gasteiger partial charge in [-0.2, -0.15) is 0 Å². The molecule has 0 spiro atoms. The van der Waals surface area contributed by atoms with Gasteiger partial charge in [0.1, 0.15) is 0 Å². The first kappa shape index (κ1) is 14.6. The van der Waals surface area contributed by atoms with Gasteiger partial charge in [-0.25, -0.2) is 0 Å². The molecule has 90 valence electrons. The maximum absolute atomic E-state index is 5.60. The number of rotatable bonds is 1. The molecule has 1 nitrogen and oxygen atoms in total. The van der Waals surface area contributed by atoms with E-state index in [4.69, 9.17) is 3.79 Å². The Morgan fingerprint density at radius 3 is 1.47 bits per heavy atom. The summed E-state index contributed by atoms with van der Waals surface area (Å²) in [6.45, 7) is 15.5. The Kier molecular flexibility index (Phi) is 4.02. The molecule has 0 unspecified atom stereocenters. The second-order valence-corrected chi connectivity index (χ2v) is 7.04. The third-order valence-corrected chi connectivity index (χ3v) is 3.20. The van der Waals surface area contributed by atoms with E-state index in [1.54, 1.807) is 0 Å². The molecule has 0 aliphatic rings. The molecule has 0 aromatic heterocycles. The Morgan fingerprint density at radius 2 is 1.24 bits per heavy atom. The molecule has 17 heavy (non-hydrogen) atoms. The second-order valence-electron chi connectivity index (χ2n) is 6.81. The predicted octanol–water partition coefficient (Wildman–Crippen LogP) is 4.05. The molecule has 0 atom stereocenters. The summed E-state index contributed by atoms with van der Waals surface area (Å²) >= 11 is 2.39. The molecule has 2 heteroatoms. The van der Waals surface area contributed by atoms with Gasteiger partial charge in [-0.15, -0.1) is 0 Å². The second kappa shape index (κ2) is 4.67. The number of aryl methyl sites for hydroxylation is 1. The average Bonchev–Trinajstić information content (AvgIpc) is 2.13. The summed E-state index contributed by atoms with van der Waals surface area (Å²) in [6.07, 6.45) is 0. The van der Waals surface area contributed by atoms with Gasteiger partial charge < -0.3 is 0 Å².